The van der Waals surface area contributed by atoms with Crippen molar-refractivity contribution >= 4 is 0 Å². The average molecular weight is 294 g/mol. The Kier molecular flexibility index (Phi) is 3.21. The van der Waals surface area contributed by atoms with Gasteiger partial charge in [0.15, 0.2) is 0 Å². The molecule has 112 valence electrons. The van der Waals surface area contributed by atoms with Crippen LogP contribution < -0.4 is 0 Å². The molecule has 1 fully saturated rings. The fourth-order valence-corrected chi connectivity index (χ4v) is 3.89. The monoisotopic (exact) mass is 294 g/mol. The maximum Gasteiger partial charge on any atom is 0.270 e. The van der Waals surface area contributed by atoms with Crippen LogP contribution in [0.3, 0.4) is 0 Å². The summed E-state index contributed by atoms with van der Waals surface area (Å²) in [6.07, 6.45) is 4.14. The van der Waals surface area contributed by atoms with E-state index in [1.165, 1.54) is 11.1 Å². The van der Waals surface area contributed by atoms with Gasteiger partial charge in [-0.3, -0.25) is 4.85 Å². The zero-order valence-electron chi connectivity index (χ0n) is 12.3. The SMILES string of the molecule is [C-]#[N+]CN1CCC(O)C(C2c3ccccc3-c3cncn32)C1. The molecule has 0 amide bonds. The van der Waals surface area contributed by atoms with E-state index >= 15 is 0 Å². The summed E-state index contributed by atoms with van der Waals surface area (Å²) in [7, 11) is 0. The average Bonchev–Trinajstić information content (AvgIpc) is 3.10. The van der Waals surface area contributed by atoms with Crippen molar-refractivity contribution in [2.75, 3.05) is 19.8 Å². The summed E-state index contributed by atoms with van der Waals surface area (Å²) in [5, 5.41) is 10.6. The first-order chi connectivity index (χ1) is 10.8. The van der Waals surface area contributed by atoms with E-state index in [9.17, 15) is 5.11 Å². The van der Waals surface area contributed by atoms with Gasteiger partial charge in [-0.15, -0.1) is 0 Å². The van der Waals surface area contributed by atoms with Gasteiger partial charge in [-0.2, -0.15) is 0 Å². The second kappa shape index (κ2) is 5.24. The number of hydrogen-bond acceptors (Lipinski definition) is 3. The molecule has 1 aromatic carbocycles. The van der Waals surface area contributed by atoms with Crippen LogP contribution >= 0.6 is 0 Å². The summed E-state index contributed by atoms with van der Waals surface area (Å²) in [4.78, 5) is 9.93. The number of aromatic nitrogens is 2. The summed E-state index contributed by atoms with van der Waals surface area (Å²) >= 11 is 0. The molecule has 2 aromatic rings. The van der Waals surface area contributed by atoms with Crippen molar-refractivity contribution in [3.63, 3.8) is 0 Å². The molecular weight excluding hydrogens is 276 g/mol. The molecule has 0 saturated carbocycles. The molecule has 22 heavy (non-hydrogen) atoms. The Hall–Kier alpha value is -2.16. The van der Waals surface area contributed by atoms with E-state index in [1.807, 2.05) is 18.6 Å². The number of aliphatic hydroxyl groups excluding tert-OH is 1. The van der Waals surface area contributed by atoms with Gasteiger partial charge in [0.1, 0.15) is 0 Å². The topological polar surface area (TPSA) is 45.6 Å². The van der Waals surface area contributed by atoms with Gasteiger partial charge in [-0.05, 0) is 12.0 Å². The number of rotatable bonds is 2. The molecule has 5 heteroatoms. The molecule has 3 atom stereocenters. The zero-order chi connectivity index (χ0) is 15.1. The Morgan fingerprint density at radius 2 is 2.23 bits per heavy atom. The van der Waals surface area contributed by atoms with Crippen molar-refractivity contribution in [3.05, 3.63) is 53.8 Å². The van der Waals surface area contributed by atoms with E-state index in [0.717, 1.165) is 25.2 Å². The molecule has 0 aliphatic carbocycles. The van der Waals surface area contributed by atoms with Crippen LogP contribution in [0.5, 0.6) is 0 Å². The van der Waals surface area contributed by atoms with Crippen LogP contribution in [-0.2, 0) is 0 Å². The van der Waals surface area contributed by atoms with E-state index in [-0.39, 0.29) is 18.1 Å². The molecule has 1 saturated heterocycles. The van der Waals surface area contributed by atoms with Gasteiger partial charge in [-0.1, -0.05) is 24.3 Å². The normalized spacial score (nSPS) is 27.2. The lowest BCUT2D eigenvalue weighted by atomic mass is 9.84. The largest absolute Gasteiger partial charge is 0.393 e. The predicted octanol–water partition coefficient (Wildman–Crippen LogP) is 2.01. The minimum Gasteiger partial charge on any atom is -0.393 e. The molecule has 0 bridgehead atoms. The summed E-state index contributed by atoms with van der Waals surface area (Å²) in [5.74, 6) is 0.0899. The maximum absolute atomic E-state index is 10.6. The molecule has 0 radical (unpaired) electrons. The van der Waals surface area contributed by atoms with Crippen LogP contribution in [0.1, 0.15) is 18.0 Å². The van der Waals surface area contributed by atoms with E-state index < -0.39 is 0 Å². The molecule has 1 aromatic heterocycles. The Bertz CT molecular complexity index is 732. The smallest absolute Gasteiger partial charge is 0.270 e. The van der Waals surface area contributed by atoms with Crippen LogP contribution in [0.2, 0.25) is 0 Å². The standard InChI is InChI=1S/C17H18N4O/c1-18-10-20-7-6-16(22)14(9-20)17-13-5-3-2-4-12(13)15-8-19-11-21(15)17/h2-5,8,11,14,16-17,22H,6-7,9-10H2. The van der Waals surface area contributed by atoms with E-state index in [4.69, 9.17) is 6.57 Å². The number of benzene rings is 1. The van der Waals surface area contributed by atoms with Crippen molar-refractivity contribution in [1.29, 1.82) is 0 Å². The Morgan fingerprint density at radius 3 is 3.09 bits per heavy atom. The first-order valence-electron chi connectivity index (χ1n) is 7.64. The minimum atomic E-state index is -0.339. The number of likely N-dealkylation sites (tertiary alicyclic amines) is 1. The predicted molar refractivity (Wildman–Crippen MR) is 83.0 cm³/mol. The van der Waals surface area contributed by atoms with Gasteiger partial charge < -0.3 is 9.67 Å². The van der Waals surface area contributed by atoms with Crippen LogP contribution in [0.15, 0.2) is 36.8 Å². The molecule has 3 unspecified atom stereocenters. The van der Waals surface area contributed by atoms with Crippen molar-refractivity contribution in [3.8, 4) is 11.3 Å². The highest BCUT2D eigenvalue weighted by molar-refractivity contribution is 5.69. The van der Waals surface area contributed by atoms with E-state index in [1.54, 1.807) is 0 Å². The van der Waals surface area contributed by atoms with Gasteiger partial charge in [0, 0.05) is 24.6 Å². The van der Waals surface area contributed by atoms with Crippen molar-refractivity contribution < 1.29 is 5.11 Å². The van der Waals surface area contributed by atoms with Gasteiger partial charge in [0.25, 0.3) is 6.67 Å². The number of nitrogens with zero attached hydrogens (tertiary/aromatic N) is 4. The molecular formula is C17H18N4O. The number of piperidine rings is 1. The lowest BCUT2D eigenvalue weighted by molar-refractivity contribution is 0.0142. The number of imidazole rings is 1. The second-order valence-corrected chi connectivity index (χ2v) is 6.11. The quantitative estimate of drug-likeness (QED) is 0.862. The molecule has 2 aliphatic heterocycles. The number of hydrogen-bond donors (Lipinski definition) is 1. The van der Waals surface area contributed by atoms with Gasteiger partial charge in [-0.25, -0.2) is 16.5 Å². The third-order valence-corrected chi connectivity index (χ3v) is 4.90. The first-order valence-corrected chi connectivity index (χ1v) is 7.64. The second-order valence-electron chi connectivity index (χ2n) is 6.11. The number of fused-ring (bicyclic) bond motifs is 3. The molecule has 5 nitrogen and oxygen atoms in total. The molecule has 3 heterocycles. The third-order valence-electron chi connectivity index (χ3n) is 4.90. The van der Waals surface area contributed by atoms with Gasteiger partial charge in [0.05, 0.1) is 30.4 Å². The maximum atomic E-state index is 10.6. The van der Waals surface area contributed by atoms with Crippen molar-refractivity contribution in [2.45, 2.75) is 18.6 Å². The minimum absolute atomic E-state index is 0.0899. The molecule has 4 rings (SSSR count). The van der Waals surface area contributed by atoms with E-state index in [0.29, 0.717) is 6.67 Å². The Morgan fingerprint density at radius 1 is 1.36 bits per heavy atom. The highest BCUT2D eigenvalue weighted by atomic mass is 16.3. The summed E-state index contributed by atoms with van der Waals surface area (Å²) in [6, 6.07) is 8.47. The molecule has 2 aliphatic rings. The lowest BCUT2D eigenvalue weighted by Gasteiger charge is -2.37. The van der Waals surface area contributed by atoms with Gasteiger partial charge in [0.2, 0.25) is 0 Å². The fourth-order valence-electron chi connectivity index (χ4n) is 3.89. The molecule has 1 N–H and O–H groups in total. The lowest BCUT2D eigenvalue weighted by Crippen LogP contribution is -2.46. The summed E-state index contributed by atoms with van der Waals surface area (Å²) in [5.41, 5.74) is 3.59. The Labute approximate surface area is 129 Å². The first kappa shape index (κ1) is 13.5. The van der Waals surface area contributed by atoms with Gasteiger partial charge >= 0.3 is 0 Å². The van der Waals surface area contributed by atoms with Crippen LogP contribution in [0, 0.1) is 12.5 Å². The Balaban J connectivity index is 1.74. The highest BCUT2D eigenvalue weighted by Gasteiger charge is 2.40. The van der Waals surface area contributed by atoms with Crippen LogP contribution in [0.25, 0.3) is 16.1 Å². The zero-order valence-corrected chi connectivity index (χ0v) is 12.3. The van der Waals surface area contributed by atoms with Crippen LogP contribution in [-0.4, -0.2) is 45.4 Å². The van der Waals surface area contributed by atoms with Crippen molar-refractivity contribution in [2.24, 2.45) is 5.92 Å². The fraction of sp³-hybridized carbons (Fsp3) is 0.412. The highest BCUT2D eigenvalue weighted by Crippen LogP contribution is 2.44. The number of aliphatic hydroxyl groups is 1. The van der Waals surface area contributed by atoms with Crippen molar-refractivity contribution in [1.82, 2.24) is 14.5 Å². The molecule has 0 spiro atoms. The third kappa shape index (κ3) is 1.96. The van der Waals surface area contributed by atoms with E-state index in [2.05, 4.69) is 37.5 Å². The summed E-state index contributed by atoms with van der Waals surface area (Å²) in [6.45, 7) is 9.04. The van der Waals surface area contributed by atoms with Crippen LogP contribution in [0.4, 0.5) is 0 Å². The summed E-state index contributed by atoms with van der Waals surface area (Å²) < 4.78 is 2.18.